The number of rotatable bonds is 7. The van der Waals surface area contributed by atoms with Crippen LogP contribution in [-0.2, 0) is 9.59 Å². The first-order valence-corrected chi connectivity index (χ1v) is 8.91. The second-order valence-corrected chi connectivity index (χ2v) is 6.94. The molecule has 3 N–H and O–H groups in total. The maximum atomic E-state index is 13.0. The lowest BCUT2D eigenvalue weighted by Crippen LogP contribution is -3.11. The Morgan fingerprint density at radius 2 is 1.62 bits per heavy atom. The summed E-state index contributed by atoms with van der Waals surface area (Å²) in [4.78, 5) is 26.0. The van der Waals surface area contributed by atoms with Crippen molar-refractivity contribution in [3.63, 3.8) is 0 Å². The number of carbonyl (C=O) groups is 2. The number of amides is 2. The van der Waals surface area contributed by atoms with Crippen LogP contribution < -0.4 is 15.5 Å². The Balaban J connectivity index is 2.19. The fraction of sp³-hybridized carbons (Fsp3) is 0.333. The standard InChI is InChI=1S/C21H27N3O2/c1-15(2)22-19(25)14-24(4)20(17-8-6-5-7-9-17)21(26)23-18-12-10-16(3)11-13-18/h5-13,15,20H,14H2,1-4H3,(H,22,25)(H,23,26)/p+1/t20-/m1/s1. The highest BCUT2D eigenvalue weighted by atomic mass is 16.2. The summed E-state index contributed by atoms with van der Waals surface area (Å²) in [5.74, 6) is -0.198. The summed E-state index contributed by atoms with van der Waals surface area (Å²) in [6.07, 6.45) is 0. The summed E-state index contributed by atoms with van der Waals surface area (Å²) in [5, 5.41) is 5.85. The minimum absolute atomic E-state index is 0.0680. The number of carbonyl (C=O) groups excluding carboxylic acids is 2. The highest BCUT2D eigenvalue weighted by Crippen LogP contribution is 2.14. The topological polar surface area (TPSA) is 62.6 Å². The van der Waals surface area contributed by atoms with Gasteiger partial charge in [0.05, 0.1) is 7.05 Å². The molecule has 0 saturated heterocycles. The van der Waals surface area contributed by atoms with Gasteiger partial charge in [0.2, 0.25) is 0 Å². The first-order valence-electron chi connectivity index (χ1n) is 8.91. The molecule has 0 radical (unpaired) electrons. The molecule has 0 fully saturated rings. The average Bonchev–Trinajstić information content (AvgIpc) is 2.57. The van der Waals surface area contributed by atoms with Crippen LogP contribution in [0, 0.1) is 6.92 Å². The van der Waals surface area contributed by atoms with E-state index >= 15 is 0 Å². The summed E-state index contributed by atoms with van der Waals surface area (Å²) in [5.41, 5.74) is 2.77. The zero-order chi connectivity index (χ0) is 19.1. The van der Waals surface area contributed by atoms with Gasteiger partial charge in [0, 0.05) is 17.3 Å². The molecule has 0 spiro atoms. The molecule has 0 aliphatic carbocycles. The molecule has 0 bridgehead atoms. The lowest BCUT2D eigenvalue weighted by molar-refractivity contribution is -0.894. The van der Waals surface area contributed by atoms with Gasteiger partial charge in [-0.2, -0.15) is 0 Å². The van der Waals surface area contributed by atoms with Crippen molar-refractivity contribution in [3.8, 4) is 0 Å². The minimum atomic E-state index is -0.476. The Hall–Kier alpha value is -2.66. The molecule has 1 unspecified atom stereocenters. The lowest BCUT2D eigenvalue weighted by Gasteiger charge is -2.24. The van der Waals surface area contributed by atoms with Crippen molar-refractivity contribution in [2.75, 3.05) is 18.9 Å². The van der Waals surface area contributed by atoms with E-state index in [1.54, 1.807) is 0 Å². The van der Waals surface area contributed by atoms with E-state index in [0.29, 0.717) is 0 Å². The van der Waals surface area contributed by atoms with Gasteiger partial charge in [-0.05, 0) is 32.9 Å². The number of benzene rings is 2. The molecule has 0 aromatic heterocycles. The van der Waals surface area contributed by atoms with E-state index in [2.05, 4.69) is 10.6 Å². The van der Waals surface area contributed by atoms with Crippen molar-refractivity contribution in [2.24, 2.45) is 0 Å². The Bertz CT molecular complexity index is 727. The molecular formula is C21H28N3O2+. The number of nitrogens with one attached hydrogen (secondary N) is 3. The molecule has 5 heteroatoms. The Kier molecular flexibility index (Phi) is 6.92. The molecule has 0 aliphatic rings. The van der Waals surface area contributed by atoms with Gasteiger partial charge in [-0.25, -0.2) is 0 Å². The maximum Gasteiger partial charge on any atom is 0.287 e. The predicted molar refractivity (Wildman–Crippen MR) is 104 cm³/mol. The number of likely N-dealkylation sites (N-methyl/N-ethyl adjacent to an activating group) is 1. The van der Waals surface area contributed by atoms with E-state index in [1.807, 2.05) is 82.4 Å². The molecule has 2 rings (SSSR count). The fourth-order valence-electron chi connectivity index (χ4n) is 2.88. The third-order valence-corrected chi connectivity index (χ3v) is 4.10. The van der Waals surface area contributed by atoms with Crippen LogP contribution in [0.2, 0.25) is 0 Å². The molecule has 0 saturated carbocycles. The number of anilines is 1. The van der Waals surface area contributed by atoms with Crippen molar-refractivity contribution >= 4 is 17.5 Å². The van der Waals surface area contributed by atoms with Crippen molar-refractivity contribution in [1.82, 2.24) is 5.32 Å². The second kappa shape index (κ2) is 9.15. The van der Waals surface area contributed by atoms with Crippen LogP contribution in [0.5, 0.6) is 0 Å². The van der Waals surface area contributed by atoms with Crippen molar-refractivity contribution < 1.29 is 14.5 Å². The van der Waals surface area contributed by atoms with Gasteiger partial charge in [0.25, 0.3) is 11.8 Å². The highest BCUT2D eigenvalue weighted by molar-refractivity contribution is 5.94. The van der Waals surface area contributed by atoms with Crippen LogP contribution in [0.1, 0.15) is 31.0 Å². The van der Waals surface area contributed by atoms with Gasteiger partial charge < -0.3 is 15.5 Å². The predicted octanol–water partition coefficient (Wildman–Crippen LogP) is 1.71. The molecule has 26 heavy (non-hydrogen) atoms. The van der Waals surface area contributed by atoms with Gasteiger partial charge >= 0.3 is 0 Å². The average molecular weight is 354 g/mol. The number of hydrogen-bond acceptors (Lipinski definition) is 2. The van der Waals surface area contributed by atoms with Crippen LogP contribution >= 0.6 is 0 Å². The molecule has 0 heterocycles. The molecule has 2 atom stereocenters. The zero-order valence-electron chi connectivity index (χ0n) is 15.9. The maximum absolute atomic E-state index is 13.0. The SMILES string of the molecule is Cc1ccc(NC(=O)[C@@H](c2ccccc2)[NH+](C)CC(=O)NC(C)C)cc1. The van der Waals surface area contributed by atoms with Gasteiger partial charge in [0.15, 0.2) is 12.6 Å². The van der Waals surface area contributed by atoms with E-state index in [9.17, 15) is 9.59 Å². The van der Waals surface area contributed by atoms with E-state index in [-0.39, 0.29) is 24.4 Å². The summed E-state index contributed by atoms with van der Waals surface area (Å²) in [6.45, 7) is 6.07. The van der Waals surface area contributed by atoms with E-state index in [1.165, 1.54) is 0 Å². The molecule has 138 valence electrons. The van der Waals surface area contributed by atoms with E-state index in [4.69, 9.17) is 0 Å². The quantitative estimate of drug-likeness (QED) is 0.709. The van der Waals surface area contributed by atoms with Crippen LogP contribution in [0.4, 0.5) is 5.69 Å². The number of aryl methyl sites for hydroxylation is 1. The summed E-state index contributed by atoms with van der Waals surface area (Å²) in [6, 6.07) is 16.9. The molecule has 2 aromatic rings. The summed E-state index contributed by atoms with van der Waals surface area (Å²) in [7, 11) is 1.87. The molecule has 5 nitrogen and oxygen atoms in total. The minimum Gasteiger partial charge on any atom is -0.349 e. The van der Waals surface area contributed by atoms with Crippen molar-refractivity contribution in [2.45, 2.75) is 32.9 Å². The van der Waals surface area contributed by atoms with Crippen molar-refractivity contribution in [1.29, 1.82) is 0 Å². The van der Waals surface area contributed by atoms with Crippen LogP contribution in [-0.4, -0.2) is 31.4 Å². The van der Waals surface area contributed by atoms with Gasteiger partial charge in [-0.3, -0.25) is 9.59 Å². The molecule has 2 amide bonds. The monoisotopic (exact) mass is 354 g/mol. The van der Waals surface area contributed by atoms with Crippen LogP contribution in [0.15, 0.2) is 54.6 Å². The second-order valence-electron chi connectivity index (χ2n) is 6.94. The van der Waals surface area contributed by atoms with Crippen LogP contribution in [0.25, 0.3) is 0 Å². The molecule has 0 aliphatic heterocycles. The zero-order valence-corrected chi connectivity index (χ0v) is 15.9. The normalized spacial score (nSPS) is 13.1. The number of quaternary nitrogens is 1. The largest absolute Gasteiger partial charge is 0.349 e. The third-order valence-electron chi connectivity index (χ3n) is 4.10. The molecular weight excluding hydrogens is 326 g/mol. The Morgan fingerprint density at radius 3 is 2.19 bits per heavy atom. The first kappa shape index (κ1) is 19.7. The first-order chi connectivity index (χ1) is 12.4. The Morgan fingerprint density at radius 1 is 1.00 bits per heavy atom. The smallest absolute Gasteiger partial charge is 0.287 e. The van der Waals surface area contributed by atoms with Gasteiger partial charge in [-0.15, -0.1) is 0 Å². The lowest BCUT2D eigenvalue weighted by atomic mass is 10.0. The van der Waals surface area contributed by atoms with E-state index in [0.717, 1.165) is 21.7 Å². The Labute approximate surface area is 155 Å². The van der Waals surface area contributed by atoms with Gasteiger partial charge in [0.1, 0.15) is 0 Å². The van der Waals surface area contributed by atoms with Gasteiger partial charge in [-0.1, -0.05) is 48.0 Å². The molecule has 2 aromatic carbocycles. The van der Waals surface area contributed by atoms with E-state index < -0.39 is 6.04 Å². The third kappa shape index (κ3) is 5.70. The summed E-state index contributed by atoms with van der Waals surface area (Å²) < 4.78 is 0. The van der Waals surface area contributed by atoms with Crippen molar-refractivity contribution in [3.05, 3.63) is 65.7 Å². The number of hydrogen-bond donors (Lipinski definition) is 3. The highest BCUT2D eigenvalue weighted by Gasteiger charge is 2.30. The summed E-state index contributed by atoms with van der Waals surface area (Å²) >= 11 is 0. The van der Waals surface area contributed by atoms with Crippen LogP contribution in [0.3, 0.4) is 0 Å². The fourth-order valence-corrected chi connectivity index (χ4v) is 2.88.